The maximum atomic E-state index is 10.7. The van der Waals surface area contributed by atoms with E-state index in [0.29, 0.717) is 5.92 Å². The number of carboxylic acids is 1. The van der Waals surface area contributed by atoms with E-state index in [-0.39, 0.29) is 5.75 Å². The van der Waals surface area contributed by atoms with Crippen LogP contribution in [-0.4, -0.2) is 31.6 Å². The second kappa shape index (κ2) is 5.05. The number of hydrogen-bond donors (Lipinski definition) is 1. The van der Waals surface area contributed by atoms with E-state index < -0.39 is 5.97 Å². The fourth-order valence-electron chi connectivity index (χ4n) is 1.86. The predicted molar refractivity (Wildman–Crippen MR) is 71.7 cm³/mol. The van der Waals surface area contributed by atoms with Crippen molar-refractivity contribution in [2.75, 3.05) is 5.75 Å². The van der Waals surface area contributed by atoms with Crippen molar-refractivity contribution in [3.05, 3.63) is 36.3 Å². The molecule has 0 saturated heterocycles. The van der Waals surface area contributed by atoms with Crippen molar-refractivity contribution >= 4 is 17.7 Å². The molecule has 5 nitrogen and oxygen atoms in total. The lowest BCUT2D eigenvalue weighted by Gasteiger charge is -2.04. The summed E-state index contributed by atoms with van der Waals surface area (Å²) in [6.07, 6.45) is 5.79. The van der Waals surface area contributed by atoms with Crippen LogP contribution in [0.15, 0.2) is 35.6 Å². The average molecular weight is 275 g/mol. The Hall–Kier alpha value is -1.82. The highest BCUT2D eigenvalue weighted by atomic mass is 32.2. The van der Waals surface area contributed by atoms with Gasteiger partial charge >= 0.3 is 5.97 Å². The molecule has 1 saturated carbocycles. The molecule has 0 aromatic carbocycles. The van der Waals surface area contributed by atoms with Crippen LogP contribution in [0.2, 0.25) is 0 Å². The van der Waals surface area contributed by atoms with Gasteiger partial charge in [0, 0.05) is 12.1 Å². The Morgan fingerprint density at radius 3 is 3.00 bits per heavy atom. The fourth-order valence-corrected chi connectivity index (χ4v) is 2.61. The van der Waals surface area contributed by atoms with Crippen molar-refractivity contribution in [2.24, 2.45) is 0 Å². The van der Waals surface area contributed by atoms with Gasteiger partial charge in [-0.15, -0.1) is 0 Å². The van der Waals surface area contributed by atoms with Crippen molar-refractivity contribution in [1.82, 2.24) is 14.8 Å². The number of thioether (sulfide) groups is 1. The van der Waals surface area contributed by atoms with Gasteiger partial charge in [-0.3, -0.25) is 9.78 Å². The number of carboxylic acid groups (broad SMARTS) is 1. The first-order valence-electron chi connectivity index (χ1n) is 6.09. The lowest BCUT2D eigenvalue weighted by molar-refractivity contribution is -0.133. The van der Waals surface area contributed by atoms with Crippen LogP contribution in [0.5, 0.6) is 0 Å². The zero-order valence-electron chi connectivity index (χ0n) is 10.2. The largest absolute Gasteiger partial charge is 0.481 e. The van der Waals surface area contributed by atoms with E-state index in [4.69, 9.17) is 5.11 Å². The van der Waals surface area contributed by atoms with Crippen LogP contribution in [0.1, 0.15) is 24.5 Å². The van der Waals surface area contributed by atoms with Gasteiger partial charge < -0.3 is 5.11 Å². The Morgan fingerprint density at radius 2 is 2.37 bits per heavy atom. The summed E-state index contributed by atoms with van der Waals surface area (Å²) in [5.74, 6) is -0.241. The van der Waals surface area contributed by atoms with Gasteiger partial charge in [-0.25, -0.2) is 4.68 Å². The molecule has 2 aromatic rings. The third kappa shape index (κ3) is 2.78. The maximum Gasteiger partial charge on any atom is 0.313 e. The van der Waals surface area contributed by atoms with E-state index in [1.54, 1.807) is 17.1 Å². The molecule has 0 amide bonds. The second-order valence-corrected chi connectivity index (χ2v) is 5.48. The van der Waals surface area contributed by atoms with Gasteiger partial charge in [0.05, 0.1) is 23.3 Å². The van der Waals surface area contributed by atoms with Crippen LogP contribution in [0, 0.1) is 0 Å². The molecule has 3 rings (SSSR count). The highest BCUT2D eigenvalue weighted by molar-refractivity contribution is 7.99. The molecule has 2 aromatic heterocycles. The van der Waals surface area contributed by atoms with Crippen molar-refractivity contribution in [2.45, 2.75) is 23.8 Å². The summed E-state index contributed by atoms with van der Waals surface area (Å²) in [7, 11) is 0. The highest BCUT2D eigenvalue weighted by Crippen LogP contribution is 2.40. The standard InChI is InChI=1S/C13H13N3O2S/c17-13(18)8-19-12-6-11(9-3-4-9)15-16(12)10-2-1-5-14-7-10/h1-2,5-7,9H,3-4,8H2,(H,17,18). The first kappa shape index (κ1) is 12.2. The Kier molecular flexibility index (Phi) is 3.25. The van der Waals surface area contributed by atoms with Gasteiger partial charge in [0.2, 0.25) is 0 Å². The minimum absolute atomic E-state index is 0.0378. The molecule has 1 aliphatic rings. The molecule has 2 heterocycles. The summed E-state index contributed by atoms with van der Waals surface area (Å²) in [6.45, 7) is 0. The smallest absolute Gasteiger partial charge is 0.313 e. The van der Waals surface area contributed by atoms with Crippen molar-refractivity contribution in [1.29, 1.82) is 0 Å². The van der Waals surface area contributed by atoms with E-state index >= 15 is 0 Å². The molecular weight excluding hydrogens is 262 g/mol. The van der Waals surface area contributed by atoms with Crippen molar-refractivity contribution < 1.29 is 9.90 Å². The lowest BCUT2D eigenvalue weighted by Crippen LogP contribution is -2.02. The zero-order valence-corrected chi connectivity index (χ0v) is 11.0. The summed E-state index contributed by atoms with van der Waals surface area (Å²) < 4.78 is 1.79. The van der Waals surface area contributed by atoms with Crippen molar-refractivity contribution in [3.8, 4) is 5.69 Å². The summed E-state index contributed by atoms with van der Waals surface area (Å²) in [5.41, 5.74) is 1.92. The number of aromatic nitrogens is 3. The Labute approximate surface area is 114 Å². The van der Waals surface area contributed by atoms with Crippen LogP contribution in [-0.2, 0) is 4.79 Å². The molecule has 0 bridgehead atoms. The van der Waals surface area contributed by atoms with E-state index in [9.17, 15) is 4.79 Å². The summed E-state index contributed by atoms with van der Waals surface area (Å²) in [6, 6.07) is 5.76. The quantitative estimate of drug-likeness (QED) is 0.848. The predicted octanol–water partition coefficient (Wildman–Crippen LogP) is 2.32. The zero-order chi connectivity index (χ0) is 13.2. The molecule has 1 aliphatic carbocycles. The first-order valence-corrected chi connectivity index (χ1v) is 7.07. The molecule has 0 aliphatic heterocycles. The number of rotatable bonds is 5. The van der Waals surface area contributed by atoms with Crippen LogP contribution >= 0.6 is 11.8 Å². The third-order valence-electron chi connectivity index (χ3n) is 2.93. The minimum Gasteiger partial charge on any atom is -0.481 e. The van der Waals surface area contributed by atoms with Gasteiger partial charge in [-0.1, -0.05) is 11.8 Å². The molecule has 1 fully saturated rings. The molecule has 0 atom stereocenters. The number of aliphatic carboxylic acids is 1. The molecule has 0 spiro atoms. The molecule has 1 N–H and O–H groups in total. The van der Waals surface area contributed by atoms with Gasteiger partial charge in [-0.2, -0.15) is 5.10 Å². The average Bonchev–Trinajstić information content (AvgIpc) is 3.18. The van der Waals surface area contributed by atoms with E-state index in [2.05, 4.69) is 10.1 Å². The Balaban J connectivity index is 1.93. The van der Waals surface area contributed by atoms with E-state index in [1.165, 1.54) is 24.6 Å². The Bertz CT molecular complexity index is 593. The SMILES string of the molecule is O=C(O)CSc1cc(C2CC2)nn1-c1cccnc1. The van der Waals surface area contributed by atoms with E-state index in [1.807, 2.05) is 18.2 Å². The molecule has 0 radical (unpaired) electrons. The lowest BCUT2D eigenvalue weighted by atomic mass is 10.3. The topological polar surface area (TPSA) is 68.0 Å². The Morgan fingerprint density at radius 1 is 1.53 bits per heavy atom. The van der Waals surface area contributed by atoms with Crippen LogP contribution in [0.3, 0.4) is 0 Å². The first-order chi connectivity index (χ1) is 9.24. The summed E-state index contributed by atoms with van der Waals surface area (Å²) in [4.78, 5) is 14.8. The van der Waals surface area contributed by atoms with Gasteiger partial charge in [0.1, 0.15) is 5.03 Å². The molecule has 98 valence electrons. The highest BCUT2D eigenvalue weighted by Gasteiger charge is 2.27. The summed E-state index contributed by atoms with van der Waals surface area (Å²) >= 11 is 1.29. The second-order valence-electron chi connectivity index (χ2n) is 4.49. The van der Waals surface area contributed by atoms with Gasteiger partial charge in [0.15, 0.2) is 0 Å². The number of carbonyl (C=O) groups is 1. The summed E-state index contributed by atoms with van der Waals surface area (Å²) in [5, 5.41) is 14.2. The van der Waals surface area contributed by atoms with Gasteiger partial charge in [0.25, 0.3) is 0 Å². The van der Waals surface area contributed by atoms with Crippen LogP contribution < -0.4 is 0 Å². The fraction of sp³-hybridized carbons (Fsp3) is 0.308. The third-order valence-corrected chi connectivity index (χ3v) is 3.90. The van der Waals surface area contributed by atoms with Crippen LogP contribution in [0.25, 0.3) is 5.69 Å². The monoisotopic (exact) mass is 275 g/mol. The number of hydrogen-bond acceptors (Lipinski definition) is 4. The minimum atomic E-state index is -0.822. The molecule has 6 heteroatoms. The van der Waals surface area contributed by atoms with Crippen molar-refractivity contribution in [3.63, 3.8) is 0 Å². The molecular formula is C13H13N3O2S. The normalized spacial score (nSPS) is 14.5. The number of pyridine rings is 1. The van der Waals surface area contributed by atoms with Gasteiger partial charge in [-0.05, 0) is 31.0 Å². The number of nitrogens with zero attached hydrogens (tertiary/aromatic N) is 3. The van der Waals surface area contributed by atoms with E-state index in [0.717, 1.165) is 16.4 Å². The maximum absolute atomic E-state index is 10.7. The molecule has 19 heavy (non-hydrogen) atoms. The molecule has 0 unspecified atom stereocenters. The van der Waals surface area contributed by atoms with Crippen LogP contribution in [0.4, 0.5) is 0 Å².